The van der Waals surface area contributed by atoms with Crippen LogP contribution in [0.15, 0.2) is 54.7 Å². The van der Waals surface area contributed by atoms with Crippen molar-refractivity contribution in [2.75, 3.05) is 12.4 Å². The molecule has 3 aromatic rings. The molecule has 0 bridgehead atoms. The minimum Gasteiger partial charge on any atom is -0.497 e. The molecule has 2 aromatic carbocycles. The first-order valence-electron chi connectivity index (χ1n) is 8.38. The van der Waals surface area contributed by atoms with Gasteiger partial charge in [0.05, 0.1) is 19.9 Å². The number of carbonyl (C=O) groups is 1. The molecule has 26 heavy (non-hydrogen) atoms. The molecule has 1 atom stereocenters. The number of halogens is 1. The van der Waals surface area contributed by atoms with Crippen molar-refractivity contribution in [2.24, 2.45) is 0 Å². The van der Waals surface area contributed by atoms with Gasteiger partial charge in [-0.1, -0.05) is 35.9 Å². The van der Waals surface area contributed by atoms with E-state index in [1.807, 2.05) is 59.4 Å². The van der Waals surface area contributed by atoms with E-state index in [-0.39, 0.29) is 11.8 Å². The lowest BCUT2D eigenvalue weighted by molar-refractivity contribution is -0.116. The van der Waals surface area contributed by atoms with Crippen molar-refractivity contribution >= 4 is 23.3 Å². The predicted octanol–water partition coefficient (Wildman–Crippen LogP) is 4.07. The summed E-state index contributed by atoms with van der Waals surface area (Å²) in [5, 5.41) is 8.18. The number of benzene rings is 2. The van der Waals surface area contributed by atoms with E-state index < -0.39 is 0 Å². The van der Waals surface area contributed by atoms with E-state index in [0.717, 1.165) is 28.3 Å². The van der Waals surface area contributed by atoms with E-state index in [1.165, 1.54) is 0 Å². The first-order chi connectivity index (χ1) is 12.6. The molecular weight excluding hydrogens is 350 g/mol. The second-order valence-electron chi connectivity index (χ2n) is 6.31. The van der Waals surface area contributed by atoms with Crippen molar-refractivity contribution in [3.05, 3.63) is 76.4 Å². The molecule has 1 amide bonds. The van der Waals surface area contributed by atoms with Gasteiger partial charge in [-0.15, -0.1) is 0 Å². The van der Waals surface area contributed by atoms with Crippen LogP contribution in [0.1, 0.15) is 29.0 Å². The Balaban J connectivity index is 1.69. The second-order valence-corrected chi connectivity index (χ2v) is 6.75. The summed E-state index contributed by atoms with van der Waals surface area (Å²) in [6.45, 7) is 0.567. The fraction of sp³-hybridized carbons (Fsp3) is 0.200. The number of rotatable bonds is 4. The topological polar surface area (TPSA) is 56.1 Å². The number of methoxy groups -OCH3 is 1. The van der Waals surface area contributed by atoms with Gasteiger partial charge in [0, 0.05) is 22.9 Å². The van der Waals surface area contributed by atoms with Gasteiger partial charge < -0.3 is 10.1 Å². The van der Waals surface area contributed by atoms with Crippen molar-refractivity contribution < 1.29 is 9.53 Å². The van der Waals surface area contributed by atoms with Crippen LogP contribution in [0.5, 0.6) is 5.75 Å². The molecule has 5 nitrogen and oxygen atoms in total. The molecule has 1 N–H and O–H groups in total. The lowest BCUT2D eigenvalue weighted by Gasteiger charge is -2.24. The molecular formula is C20H18ClN3O2. The van der Waals surface area contributed by atoms with Crippen LogP contribution in [0.2, 0.25) is 5.02 Å². The molecule has 1 aliphatic rings. The Morgan fingerprint density at radius 2 is 2.08 bits per heavy atom. The number of aromatic nitrogens is 2. The van der Waals surface area contributed by atoms with Crippen molar-refractivity contribution in [2.45, 2.75) is 18.9 Å². The van der Waals surface area contributed by atoms with E-state index in [9.17, 15) is 4.79 Å². The molecule has 2 heterocycles. The zero-order valence-corrected chi connectivity index (χ0v) is 15.0. The summed E-state index contributed by atoms with van der Waals surface area (Å²) in [4.78, 5) is 12.3. The Labute approximate surface area is 156 Å². The average molecular weight is 368 g/mol. The van der Waals surface area contributed by atoms with Crippen molar-refractivity contribution in [1.29, 1.82) is 0 Å². The van der Waals surface area contributed by atoms with E-state index in [2.05, 4.69) is 10.4 Å². The maximum Gasteiger partial charge on any atom is 0.226 e. The van der Waals surface area contributed by atoms with Crippen molar-refractivity contribution in [3.8, 4) is 5.75 Å². The van der Waals surface area contributed by atoms with Gasteiger partial charge in [0.1, 0.15) is 11.6 Å². The molecule has 0 fully saturated rings. The van der Waals surface area contributed by atoms with Crippen LogP contribution in [0.4, 0.5) is 5.82 Å². The minimum absolute atomic E-state index is 0.0109. The molecule has 0 saturated carbocycles. The molecule has 4 rings (SSSR count). The Morgan fingerprint density at radius 1 is 1.27 bits per heavy atom. The molecule has 1 aliphatic heterocycles. The predicted molar refractivity (Wildman–Crippen MR) is 101 cm³/mol. The zero-order valence-electron chi connectivity index (χ0n) is 14.3. The molecule has 0 spiro atoms. The lowest BCUT2D eigenvalue weighted by Crippen LogP contribution is -2.25. The summed E-state index contributed by atoms with van der Waals surface area (Å²) in [5.41, 5.74) is 3.14. The van der Waals surface area contributed by atoms with Gasteiger partial charge >= 0.3 is 0 Å². The Kier molecular flexibility index (Phi) is 4.39. The van der Waals surface area contributed by atoms with Gasteiger partial charge in [-0.25, -0.2) is 4.68 Å². The summed E-state index contributed by atoms with van der Waals surface area (Å²) >= 11 is 5.95. The van der Waals surface area contributed by atoms with Gasteiger partial charge in [-0.3, -0.25) is 4.79 Å². The van der Waals surface area contributed by atoms with Crippen LogP contribution in [0, 0.1) is 0 Å². The third kappa shape index (κ3) is 3.18. The number of anilines is 1. The quantitative estimate of drug-likeness (QED) is 0.756. The highest BCUT2D eigenvalue weighted by molar-refractivity contribution is 6.30. The van der Waals surface area contributed by atoms with Gasteiger partial charge in [0.15, 0.2) is 0 Å². The van der Waals surface area contributed by atoms with Gasteiger partial charge in [-0.2, -0.15) is 5.10 Å². The Bertz CT molecular complexity index is 950. The SMILES string of the molecule is COc1cccc(C2CC(=O)Nc3c2cnn3Cc2ccc(Cl)cc2)c1. The van der Waals surface area contributed by atoms with Crippen LogP contribution >= 0.6 is 11.6 Å². The van der Waals surface area contributed by atoms with Gasteiger partial charge in [0.25, 0.3) is 0 Å². The second kappa shape index (κ2) is 6.84. The summed E-state index contributed by atoms with van der Waals surface area (Å²) in [6, 6.07) is 15.5. The molecule has 1 aromatic heterocycles. The van der Waals surface area contributed by atoms with Gasteiger partial charge in [-0.05, 0) is 35.4 Å². The van der Waals surface area contributed by atoms with E-state index in [1.54, 1.807) is 7.11 Å². The lowest BCUT2D eigenvalue weighted by atomic mass is 9.87. The molecule has 6 heteroatoms. The highest BCUT2D eigenvalue weighted by Crippen LogP contribution is 2.38. The van der Waals surface area contributed by atoms with Gasteiger partial charge in [0.2, 0.25) is 5.91 Å². The fourth-order valence-corrected chi connectivity index (χ4v) is 3.43. The first-order valence-corrected chi connectivity index (χ1v) is 8.76. The number of nitrogens with zero attached hydrogens (tertiary/aromatic N) is 2. The van der Waals surface area contributed by atoms with Crippen LogP contribution in [0.3, 0.4) is 0 Å². The number of amides is 1. The molecule has 0 saturated heterocycles. The Hall–Kier alpha value is -2.79. The smallest absolute Gasteiger partial charge is 0.226 e. The number of fused-ring (bicyclic) bond motifs is 1. The van der Waals surface area contributed by atoms with Crippen molar-refractivity contribution in [1.82, 2.24) is 9.78 Å². The Morgan fingerprint density at radius 3 is 2.85 bits per heavy atom. The summed E-state index contributed by atoms with van der Waals surface area (Å²) in [7, 11) is 1.64. The molecule has 0 aliphatic carbocycles. The standard InChI is InChI=1S/C20H18ClN3O2/c1-26-16-4-2-3-14(9-16)17-10-19(25)23-20-18(17)11-22-24(20)12-13-5-7-15(21)8-6-13/h2-9,11,17H,10,12H2,1H3,(H,23,25). The van der Waals surface area contributed by atoms with Crippen molar-refractivity contribution in [3.63, 3.8) is 0 Å². The maximum atomic E-state index is 12.3. The number of hydrogen-bond acceptors (Lipinski definition) is 3. The van der Waals surface area contributed by atoms with Crippen LogP contribution in [0.25, 0.3) is 0 Å². The minimum atomic E-state index is -0.0344. The number of ether oxygens (including phenoxy) is 1. The molecule has 0 radical (unpaired) electrons. The molecule has 132 valence electrons. The fourth-order valence-electron chi connectivity index (χ4n) is 3.31. The number of nitrogens with one attached hydrogen (secondary N) is 1. The van der Waals surface area contributed by atoms with E-state index in [0.29, 0.717) is 18.0 Å². The summed E-state index contributed by atoms with van der Waals surface area (Å²) < 4.78 is 7.14. The largest absolute Gasteiger partial charge is 0.497 e. The highest BCUT2D eigenvalue weighted by Gasteiger charge is 2.30. The van der Waals surface area contributed by atoms with E-state index >= 15 is 0 Å². The maximum absolute atomic E-state index is 12.3. The monoisotopic (exact) mass is 367 g/mol. The molecule has 1 unspecified atom stereocenters. The summed E-state index contributed by atoms with van der Waals surface area (Å²) in [6.07, 6.45) is 2.24. The first kappa shape index (κ1) is 16.7. The third-order valence-electron chi connectivity index (χ3n) is 4.63. The third-order valence-corrected chi connectivity index (χ3v) is 4.88. The zero-order chi connectivity index (χ0) is 18.1. The van der Waals surface area contributed by atoms with Crippen LogP contribution in [-0.2, 0) is 11.3 Å². The van der Waals surface area contributed by atoms with Crippen LogP contribution < -0.4 is 10.1 Å². The average Bonchev–Trinajstić information content (AvgIpc) is 3.05. The van der Waals surface area contributed by atoms with Crippen LogP contribution in [-0.4, -0.2) is 22.8 Å². The normalized spacial score (nSPS) is 16.1. The summed E-state index contributed by atoms with van der Waals surface area (Å²) in [5.74, 6) is 1.49. The van der Waals surface area contributed by atoms with E-state index in [4.69, 9.17) is 16.3 Å². The number of hydrogen-bond donors (Lipinski definition) is 1. The number of carbonyl (C=O) groups excluding carboxylic acids is 1. The highest BCUT2D eigenvalue weighted by atomic mass is 35.5.